The molecule has 0 saturated heterocycles. The first kappa shape index (κ1) is 27.1. The molecule has 3 aromatic carbocycles. The van der Waals surface area contributed by atoms with Crippen molar-refractivity contribution < 1.29 is 13.8 Å². The fraction of sp³-hybridized carbons (Fsp3) is 0.107. The van der Waals surface area contributed by atoms with E-state index in [9.17, 15) is 18.6 Å². The van der Waals surface area contributed by atoms with Crippen LogP contribution in [0.25, 0.3) is 21.7 Å². The zero-order valence-electron chi connectivity index (χ0n) is 21.2. The maximum Gasteiger partial charge on any atom is 0.272 e. The number of benzene rings is 3. The molecule has 5 aromatic rings. The zero-order valence-corrected chi connectivity index (χ0v) is 22.0. The molecule has 2 amide bonds. The Labute approximate surface area is 226 Å². The van der Waals surface area contributed by atoms with Crippen molar-refractivity contribution in [2.24, 2.45) is 5.10 Å². The van der Waals surface area contributed by atoms with Gasteiger partial charge >= 0.3 is 0 Å². The average molecular weight is 543 g/mol. The van der Waals surface area contributed by atoms with Gasteiger partial charge < -0.3 is 10.3 Å². The second-order valence-electron chi connectivity index (χ2n) is 8.52. The highest BCUT2D eigenvalue weighted by molar-refractivity contribution is 7.83. The van der Waals surface area contributed by atoms with Gasteiger partial charge in [0.15, 0.2) is 6.04 Å². The van der Waals surface area contributed by atoms with Gasteiger partial charge in [-0.3, -0.25) is 18.6 Å². The lowest BCUT2D eigenvalue weighted by atomic mass is 10.0. The molecule has 0 aliphatic carbocycles. The number of para-hydroxylation sites is 1. The van der Waals surface area contributed by atoms with Gasteiger partial charge in [-0.15, -0.1) is 0 Å². The Morgan fingerprint density at radius 2 is 1.54 bits per heavy atom. The van der Waals surface area contributed by atoms with Crippen molar-refractivity contribution in [3.05, 3.63) is 112 Å². The highest BCUT2D eigenvalue weighted by Crippen LogP contribution is 2.21. The summed E-state index contributed by atoms with van der Waals surface area (Å²) in [7, 11) is -0.611. The van der Waals surface area contributed by atoms with E-state index < -0.39 is 34.2 Å². The van der Waals surface area contributed by atoms with Crippen molar-refractivity contribution in [3.63, 3.8) is 0 Å². The lowest BCUT2D eigenvalue weighted by Crippen LogP contribution is -2.40. The van der Waals surface area contributed by atoms with Crippen LogP contribution in [0.3, 0.4) is 0 Å². The standard InChI is InChI=1S/C26H20N6O3.C2H6OS/c33-24(16-8-2-1-3-9-16)29-23(22-19-11-4-5-12-20(19)25(34)32-30-22)26(35)31-28-15-17-14-27-21-13-7-6-10-18(17)21;1-4(2)3/h1-15,23,27H,(H,29,33)(H,31,35)(H,32,34);1-2H3/b28-15+;. The molecular weight excluding hydrogens is 516 g/mol. The molecule has 4 N–H and O–H groups in total. The number of hydrazone groups is 1. The maximum atomic E-state index is 13.3. The third kappa shape index (κ3) is 6.70. The fourth-order valence-corrected chi connectivity index (χ4v) is 3.85. The number of fused-ring (bicyclic) bond motifs is 2. The van der Waals surface area contributed by atoms with E-state index in [1.54, 1.807) is 73.3 Å². The minimum absolute atomic E-state index is 0.198. The van der Waals surface area contributed by atoms with Crippen molar-refractivity contribution in [2.45, 2.75) is 6.04 Å². The van der Waals surface area contributed by atoms with Crippen LogP contribution in [0.15, 0.2) is 95.0 Å². The molecule has 2 aromatic heterocycles. The summed E-state index contributed by atoms with van der Waals surface area (Å²) in [5.74, 6) is -1.08. The van der Waals surface area contributed by atoms with E-state index in [4.69, 9.17) is 0 Å². The van der Waals surface area contributed by atoms with Crippen LogP contribution in [0.1, 0.15) is 27.7 Å². The van der Waals surface area contributed by atoms with Crippen LogP contribution in [-0.2, 0) is 15.6 Å². The van der Waals surface area contributed by atoms with Gasteiger partial charge in [0.1, 0.15) is 5.69 Å². The topological polar surface area (TPSA) is 149 Å². The largest absolute Gasteiger partial charge is 0.361 e. The molecule has 1 atom stereocenters. The molecule has 0 aliphatic rings. The summed E-state index contributed by atoms with van der Waals surface area (Å²) in [6.45, 7) is 0. The first-order valence-corrected chi connectivity index (χ1v) is 13.8. The summed E-state index contributed by atoms with van der Waals surface area (Å²) >= 11 is 0. The predicted molar refractivity (Wildman–Crippen MR) is 153 cm³/mol. The van der Waals surface area contributed by atoms with Gasteiger partial charge in [-0.1, -0.05) is 54.6 Å². The van der Waals surface area contributed by atoms with Crippen LogP contribution >= 0.6 is 0 Å². The average Bonchev–Trinajstić information content (AvgIpc) is 3.35. The van der Waals surface area contributed by atoms with Gasteiger partial charge in [0.2, 0.25) is 0 Å². The Kier molecular flexibility index (Phi) is 8.75. The maximum absolute atomic E-state index is 13.3. The summed E-state index contributed by atoms with van der Waals surface area (Å²) in [5.41, 5.74) is 4.40. The summed E-state index contributed by atoms with van der Waals surface area (Å²) in [5, 5.41) is 15.1. The van der Waals surface area contributed by atoms with Crippen molar-refractivity contribution >= 4 is 50.5 Å². The molecule has 198 valence electrons. The Morgan fingerprint density at radius 1 is 0.923 bits per heavy atom. The van der Waals surface area contributed by atoms with Gasteiger partial charge in [-0.25, -0.2) is 10.5 Å². The number of rotatable bonds is 6. The zero-order chi connectivity index (χ0) is 27.8. The molecule has 5 rings (SSSR count). The number of H-pyrrole nitrogens is 2. The monoisotopic (exact) mass is 542 g/mol. The number of aromatic amines is 2. The molecule has 11 heteroatoms. The molecule has 0 radical (unpaired) electrons. The summed E-state index contributed by atoms with van der Waals surface area (Å²) < 4.78 is 9.56. The van der Waals surface area contributed by atoms with Crippen molar-refractivity contribution in [1.82, 2.24) is 25.9 Å². The molecule has 0 spiro atoms. The van der Waals surface area contributed by atoms with Gasteiger partial charge in [0.05, 0.1) is 11.6 Å². The SMILES string of the molecule is CS(C)=O.O=C(NC(C(=O)N/N=C/c1c[nH]c2ccccc12)c1n[nH]c(=O)c2ccccc12)c1ccccc1. The third-order valence-corrected chi connectivity index (χ3v) is 5.57. The Bertz CT molecular complexity index is 1720. The second kappa shape index (κ2) is 12.6. The number of hydrogen-bond acceptors (Lipinski definition) is 6. The number of carbonyl (C=O) groups excluding carboxylic acids is 2. The van der Waals surface area contributed by atoms with Crippen LogP contribution in [-0.4, -0.2) is 49.9 Å². The lowest BCUT2D eigenvalue weighted by molar-refractivity contribution is -0.123. The minimum atomic E-state index is -1.22. The Balaban J connectivity index is 0.000000826. The van der Waals surface area contributed by atoms with Crippen molar-refractivity contribution in [1.29, 1.82) is 0 Å². The van der Waals surface area contributed by atoms with Gasteiger partial charge in [-0.2, -0.15) is 10.2 Å². The summed E-state index contributed by atoms with van der Waals surface area (Å²) in [6, 6.07) is 21.8. The lowest BCUT2D eigenvalue weighted by Gasteiger charge is -2.18. The van der Waals surface area contributed by atoms with Crippen LogP contribution in [0.2, 0.25) is 0 Å². The Morgan fingerprint density at radius 3 is 2.26 bits per heavy atom. The Hall–Kier alpha value is -4.90. The van der Waals surface area contributed by atoms with Gasteiger partial charge in [0, 0.05) is 56.9 Å². The van der Waals surface area contributed by atoms with E-state index >= 15 is 0 Å². The minimum Gasteiger partial charge on any atom is -0.361 e. The second-order valence-corrected chi connectivity index (χ2v) is 10.0. The third-order valence-electron chi connectivity index (χ3n) is 5.57. The van der Waals surface area contributed by atoms with Gasteiger partial charge in [0.25, 0.3) is 17.4 Å². The molecule has 10 nitrogen and oxygen atoms in total. The summed E-state index contributed by atoms with van der Waals surface area (Å²) in [6.07, 6.45) is 6.58. The fourth-order valence-electron chi connectivity index (χ4n) is 3.85. The number of amides is 2. The van der Waals surface area contributed by atoms with Crippen molar-refractivity contribution in [2.75, 3.05) is 12.5 Å². The van der Waals surface area contributed by atoms with Crippen LogP contribution in [0.5, 0.6) is 0 Å². The molecule has 0 aliphatic heterocycles. The molecular formula is C28H26N6O4S. The highest BCUT2D eigenvalue weighted by Gasteiger charge is 2.27. The number of carbonyl (C=O) groups is 2. The van der Waals surface area contributed by atoms with E-state index in [1.165, 1.54) is 6.21 Å². The number of nitrogens with one attached hydrogen (secondary N) is 4. The summed E-state index contributed by atoms with van der Waals surface area (Å²) in [4.78, 5) is 41.5. The molecule has 0 saturated carbocycles. The van der Waals surface area contributed by atoms with E-state index in [2.05, 4.69) is 31.0 Å². The molecule has 0 fully saturated rings. The quantitative estimate of drug-likeness (QED) is 0.192. The van der Waals surface area contributed by atoms with Crippen LogP contribution in [0, 0.1) is 0 Å². The van der Waals surface area contributed by atoms with E-state index in [-0.39, 0.29) is 5.69 Å². The first-order chi connectivity index (χ1) is 18.8. The van der Waals surface area contributed by atoms with Crippen LogP contribution < -0.4 is 16.3 Å². The van der Waals surface area contributed by atoms with E-state index in [0.29, 0.717) is 16.3 Å². The molecule has 1 unspecified atom stereocenters. The van der Waals surface area contributed by atoms with E-state index in [0.717, 1.165) is 16.5 Å². The number of aromatic nitrogens is 3. The number of hydrogen-bond donors (Lipinski definition) is 4. The van der Waals surface area contributed by atoms with Crippen molar-refractivity contribution in [3.8, 4) is 0 Å². The van der Waals surface area contributed by atoms with Gasteiger partial charge in [-0.05, 0) is 24.3 Å². The highest BCUT2D eigenvalue weighted by atomic mass is 32.2. The van der Waals surface area contributed by atoms with E-state index in [1.807, 2.05) is 24.3 Å². The normalized spacial score (nSPS) is 11.8. The first-order valence-electron chi connectivity index (χ1n) is 11.8. The number of nitrogens with zero attached hydrogens (tertiary/aromatic N) is 2. The van der Waals surface area contributed by atoms with Crippen LogP contribution in [0.4, 0.5) is 0 Å². The predicted octanol–water partition coefficient (Wildman–Crippen LogP) is 3.02. The smallest absolute Gasteiger partial charge is 0.272 e. The molecule has 39 heavy (non-hydrogen) atoms. The molecule has 2 heterocycles. The molecule has 0 bridgehead atoms.